The molecular weight excluding hydrogens is 244 g/mol. The zero-order chi connectivity index (χ0) is 11.2. The Morgan fingerprint density at radius 1 is 1.53 bits per heavy atom. The highest BCUT2D eigenvalue weighted by molar-refractivity contribution is 7.91. The van der Waals surface area contributed by atoms with E-state index in [9.17, 15) is 13.2 Å². The van der Waals surface area contributed by atoms with E-state index >= 15 is 0 Å². The van der Waals surface area contributed by atoms with Crippen LogP contribution >= 0.6 is 11.3 Å². The van der Waals surface area contributed by atoms with Gasteiger partial charge in [0.1, 0.15) is 0 Å². The second-order valence-corrected chi connectivity index (χ2v) is 5.25. The smallest absolute Gasteiger partial charge is 0.279 e. The molecule has 0 amide bonds. The number of hydrogen-bond acceptors (Lipinski definition) is 7. The van der Waals surface area contributed by atoms with Gasteiger partial charge in [0.2, 0.25) is 15.2 Å². The Morgan fingerprint density at radius 2 is 2.20 bits per heavy atom. The normalized spacial score (nSPS) is 12.1. The molecule has 0 spiro atoms. The molecule has 0 saturated carbocycles. The summed E-state index contributed by atoms with van der Waals surface area (Å²) in [5, 5.41) is 17.3. The fourth-order valence-electron chi connectivity index (χ4n) is 0.897. The highest BCUT2D eigenvalue weighted by Gasteiger charge is 2.16. The van der Waals surface area contributed by atoms with Gasteiger partial charge < -0.3 is 5.11 Å². The monoisotopic (exact) mass is 248 g/mol. The molecule has 0 bridgehead atoms. The van der Waals surface area contributed by atoms with Gasteiger partial charge in [-0.2, -0.15) is 9.50 Å². The number of nitrogens with zero attached hydrogens (tertiary/aromatic N) is 3. The van der Waals surface area contributed by atoms with Crippen molar-refractivity contribution in [1.82, 2.24) is 14.6 Å². The predicted molar refractivity (Wildman–Crippen MR) is 50.2 cm³/mol. The summed E-state index contributed by atoms with van der Waals surface area (Å²) in [6.45, 7) is 0. The van der Waals surface area contributed by atoms with Gasteiger partial charge in [0, 0.05) is 0 Å². The lowest BCUT2D eigenvalue weighted by Gasteiger charge is -1.88. The number of fused-ring (bicyclic) bond motifs is 1. The van der Waals surface area contributed by atoms with Gasteiger partial charge in [-0.3, -0.25) is 4.79 Å². The summed E-state index contributed by atoms with van der Waals surface area (Å²) in [5.74, 6) is -0.496. The summed E-state index contributed by atoms with van der Waals surface area (Å²) < 4.78 is 22.2. The Bertz CT molecular complexity index is 685. The van der Waals surface area contributed by atoms with Crippen molar-refractivity contribution in [2.75, 3.05) is 0 Å². The molecule has 0 atom stereocenters. The highest BCUT2D eigenvalue weighted by Crippen LogP contribution is 2.16. The van der Waals surface area contributed by atoms with Crippen LogP contribution in [0.4, 0.5) is 0 Å². The van der Waals surface area contributed by atoms with E-state index in [0.29, 0.717) is 11.3 Å². The second kappa shape index (κ2) is 2.98. The van der Waals surface area contributed by atoms with Crippen LogP contribution in [0.25, 0.3) is 4.96 Å². The topological polar surface area (TPSA) is 128 Å². The largest absolute Gasteiger partial charge is 0.493 e. The fraction of sp³-hybridized carbons (Fsp3) is 0. The van der Waals surface area contributed by atoms with Crippen molar-refractivity contribution in [3.05, 3.63) is 16.4 Å². The van der Waals surface area contributed by atoms with Crippen molar-refractivity contribution in [3.63, 3.8) is 0 Å². The molecule has 0 fully saturated rings. The van der Waals surface area contributed by atoms with E-state index in [4.69, 9.17) is 10.2 Å². The van der Waals surface area contributed by atoms with E-state index in [0.717, 1.165) is 10.6 Å². The van der Waals surface area contributed by atoms with Crippen LogP contribution in [-0.2, 0) is 10.0 Å². The van der Waals surface area contributed by atoms with E-state index in [2.05, 4.69) is 10.1 Å². The minimum absolute atomic E-state index is 0.0379. The molecule has 0 radical (unpaired) electrons. The van der Waals surface area contributed by atoms with Crippen molar-refractivity contribution in [2.45, 2.75) is 4.34 Å². The average molecular weight is 248 g/mol. The maximum absolute atomic E-state index is 11.2. The molecular formula is C5H4N4O4S2. The van der Waals surface area contributed by atoms with Crippen LogP contribution in [0.2, 0.25) is 0 Å². The van der Waals surface area contributed by atoms with Crippen molar-refractivity contribution in [3.8, 4) is 5.88 Å². The summed E-state index contributed by atoms with van der Waals surface area (Å²) in [6, 6.07) is 0.819. The predicted octanol–water partition coefficient (Wildman–Crippen LogP) is -1.50. The van der Waals surface area contributed by atoms with Gasteiger partial charge in [-0.25, -0.2) is 13.6 Å². The number of aromatic hydroxyl groups is 1. The number of rotatable bonds is 1. The lowest BCUT2D eigenvalue weighted by molar-refractivity contribution is 0.452. The lowest BCUT2D eigenvalue weighted by atomic mass is 10.6. The van der Waals surface area contributed by atoms with Gasteiger partial charge in [0.15, 0.2) is 0 Å². The van der Waals surface area contributed by atoms with E-state index in [1.54, 1.807) is 0 Å². The third kappa shape index (κ3) is 1.69. The quantitative estimate of drug-likeness (QED) is 0.632. The fourth-order valence-corrected chi connectivity index (χ4v) is 2.42. The first-order valence-electron chi connectivity index (χ1n) is 3.50. The molecule has 10 heteroatoms. The Balaban J connectivity index is 2.89. The van der Waals surface area contributed by atoms with E-state index in [1.165, 1.54) is 0 Å². The molecule has 8 nitrogen and oxygen atoms in total. The summed E-state index contributed by atoms with van der Waals surface area (Å²) in [6.07, 6.45) is 0. The summed E-state index contributed by atoms with van der Waals surface area (Å²) in [5.41, 5.74) is -0.677. The summed E-state index contributed by atoms with van der Waals surface area (Å²) >= 11 is 0.600. The van der Waals surface area contributed by atoms with Crippen molar-refractivity contribution in [2.24, 2.45) is 5.14 Å². The second-order valence-electron chi connectivity index (χ2n) is 2.56. The molecule has 15 heavy (non-hydrogen) atoms. The van der Waals surface area contributed by atoms with Crippen LogP contribution in [0, 0.1) is 0 Å². The lowest BCUT2D eigenvalue weighted by Crippen LogP contribution is -2.16. The Kier molecular flexibility index (Phi) is 1.99. The van der Waals surface area contributed by atoms with Gasteiger partial charge in [-0.15, -0.1) is 5.10 Å². The van der Waals surface area contributed by atoms with Crippen LogP contribution in [0.3, 0.4) is 0 Å². The molecule has 2 heterocycles. The molecule has 0 aromatic carbocycles. The van der Waals surface area contributed by atoms with Crippen LogP contribution in [0.5, 0.6) is 5.88 Å². The van der Waals surface area contributed by atoms with Crippen molar-refractivity contribution >= 4 is 26.3 Å². The molecule has 0 aliphatic heterocycles. The van der Waals surface area contributed by atoms with Crippen LogP contribution in [0.15, 0.2) is 15.2 Å². The van der Waals surface area contributed by atoms with Gasteiger partial charge >= 0.3 is 0 Å². The Morgan fingerprint density at radius 3 is 2.80 bits per heavy atom. The molecule has 0 aliphatic rings. The Hall–Kier alpha value is -1.52. The van der Waals surface area contributed by atoms with Crippen LogP contribution in [0.1, 0.15) is 0 Å². The summed E-state index contributed by atoms with van der Waals surface area (Å²) in [4.78, 5) is 14.7. The molecule has 0 saturated heterocycles. The first-order chi connectivity index (χ1) is 6.88. The zero-order valence-electron chi connectivity index (χ0n) is 6.98. The zero-order valence-corrected chi connectivity index (χ0v) is 8.62. The standard InChI is InChI=1S/C5H4N4O4S2/c6-15(12,13)5-8-9-3(11)1-2(10)7-4(9)14-5/h1,10H,(H2,6,12,13). The number of primary sulfonamides is 1. The maximum atomic E-state index is 11.2. The highest BCUT2D eigenvalue weighted by atomic mass is 32.2. The van der Waals surface area contributed by atoms with Crippen molar-refractivity contribution in [1.29, 1.82) is 0 Å². The van der Waals surface area contributed by atoms with Gasteiger partial charge in [-0.05, 0) is 0 Å². The van der Waals surface area contributed by atoms with Crippen LogP contribution in [-0.4, -0.2) is 28.1 Å². The molecule has 2 rings (SSSR count). The number of nitrogens with two attached hydrogens (primary N) is 1. The first-order valence-corrected chi connectivity index (χ1v) is 5.87. The molecule has 2 aromatic heterocycles. The number of aromatic nitrogens is 3. The van der Waals surface area contributed by atoms with Crippen LogP contribution < -0.4 is 10.7 Å². The number of hydrogen-bond donors (Lipinski definition) is 2. The summed E-state index contributed by atoms with van der Waals surface area (Å²) in [7, 11) is -3.97. The van der Waals surface area contributed by atoms with Gasteiger partial charge in [0.05, 0.1) is 6.07 Å². The number of sulfonamides is 1. The van der Waals surface area contributed by atoms with E-state index in [1.807, 2.05) is 0 Å². The first kappa shape index (κ1) is 10.0. The minimum Gasteiger partial charge on any atom is -0.493 e. The molecule has 80 valence electrons. The Labute approximate surface area is 86.7 Å². The van der Waals surface area contributed by atoms with E-state index in [-0.39, 0.29) is 4.96 Å². The van der Waals surface area contributed by atoms with Gasteiger partial charge in [-0.1, -0.05) is 11.3 Å². The molecule has 0 unspecified atom stereocenters. The molecule has 3 N–H and O–H groups in total. The average Bonchev–Trinajstić information content (AvgIpc) is 2.46. The molecule has 0 aliphatic carbocycles. The van der Waals surface area contributed by atoms with Gasteiger partial charge in [0.25, 0.3) is 15.6 Å². The van der Waals surface area contributed by atoms with E-state index < -0.39 is 25.8 Å². The third-order valence-electron chi connectivity index (χ3n) is 1.46. The van der Waals surface area contributed by atoms with Crippen molar-refractivity contribution < 1.29 is 13.5 Å². The minimum atomic E-state index is -3.97. The third-order valence-corrected chi connectivity index (χ3v) is 3.67. The molecule has 2 aromatic rings. The maximum Gasteiger partial charge on any atom is 0.279 e. The SMILES string of the molecule is NS(=O)(=O)c1nn2c(=O)cc(O)nc2s1.